The molecule has 0 aliphatic carbocycles. The van der Waals surface area contributed by atoms with Gasteiger partial charge in [0.15, 0.2) is 16.7 Å². The Morgan fingerprint density at radius 3 is 2.33 bits per heavy atom. The quantitative estimate of drug-likeness (QED) is 0.177. The van der Waals surface area contributed by atoms with Crippen LogP contribution in [-0.4, -0.2) is 55.3 Å². The van der Waals surface area contributed by atoms with E-state index in [0.29, 0.717) is 34.3 Å². The molecule has 4 rings (SSSR count). The molecular formula is C28H27FN4O7S2. The molecule has 0 saturated heterocycles. The lowest BCUT2D eigenvalue weighted by Gasteiger charge is -2.14. The normalized spacial score (nSPS) is 10.6. The van der Waals surface area contributed by atoms with E-state index < -0.39 is 15.9 Å². The van der Waals surface area contributed by atoms with Crippen molar-refractivity contribution in [1.29, 1.82) is 0 Å². The summed E-state index contributed by atoms with van der Waals surface area (Å²) in [5.41, 5.74) is 1.98. The maximum Gasteiger partial charge on any atom is 0.261 e. The van der Waals surface area contributed by atoms with Crippen molar-refractivity contribution in [3.63, 3.8) is 0 Å². The van der Waals surface area contributed by atoms with Gasteiger partial charge in [0.1, 0.15) is 11.5 Å². The number of benzene rings is 3. The standard InChI is InChI=1S/C27H23FN4O4S.CH4O3S/c1-29-26(34)19-14-18-21(15-24(19)35-2)30-11-10-22(18)36-23-9-8-17(13-20(23)28)31-27(37)32-25(33)12-16-6-4-3-5-7-16;1-5(2,3)4/h3-11,13-15H,12H2,1-2H3,(H,29,34)(H2,31,32,33,37);1H3,(H,2,3,4). The number of ether oxygens (including phenoxy) is 2. The maximum absolute atomic E-state index is 14.9. The summed E-state index contributed by atoms with van der Waals surface area (Å²) in [4.78, 5) is 28.8. The molecule has 2 amide bonds. The highest BCUT2D eigenvalue weighted by Crippen LogP contribution is 2.34. The van der Waals surface area contributed by atoms with Gasteiger partial charge >= 0.3 is 0 Å². The van der Waals surface area contributed by atoms with Crippen molar-refractivity contribution in [2.75, 3.05) is 25.7 Å². The number of aromatic nitrogens is 1. The molecule has 0 aliphatic heterocycles. The number of hydrogen-bond acceptors (Lipinski definition) is 8. The number of hydrogen-bond donors (Lipinski definition) is 4. The predicted octanol–water partition coefficient (Wildman–Crippen LogP) is 4.09. The number of nitrogens with zero attached hydrogens (tertiary/aromatic N) is 1. The number of methoxy groups -OCH3 is 1. The first-order chi connectivity index (χ1) is 19.9. The van der Waals surface area contributed by atoms with E-state index >= 15 is 0 Å². The van der Waals surface area contributed by atoms with Crippen LogP contribution in [0.5, 0.6) is 17.2 Å². The number of halogens is 1. The second kappa shape index (κ2) is 14.3. The Kier molecular flexibility index (Phi) is 10.8. The van der Waals surface area contributed by atoms with Crippen molar-refractivity contribution in [3.8, 4) is 17.2 Å². The molecule has 4 aromatic rings. The Hall–Kier alpha value is -4.66. The highest BCUT2D eigenvalue weighted by Gasteiger charge is 2.17. The van der Waals surface area contributed by atoms with E-state index in [0.717, 1.165) is 5.56 Å². The Bertz CT molecular complexity index is 1710. The van der Waals surface area contributed by atoms with Crippen LogP contribution in [0.4, 0.5) is 10.1 Å². The van der Waals surface area contributed by atoms with Crippen LogP contribution in [0.2, 0.25) is 0 Å². The lowest BCUT2D eigenvalue weighted by Crippen LogP contribution is -2.35. The van der Waals surface area contributed by atoms with Gasteiger partial charge in [-0.05, 0) is 42.0 Å². The second-order valence-corrected chi connectivity index (χ2v) is 10.5. The minimum absolute atomic E-state index is 0.0461. The van der Waals surface area contributed by atoms with Gasteiger partial charge in [0.2, 0.25) is 5.91 Å². The van der Waals surface area contributed by atoms with Gasteiger partial charge in [-0.2, -0.15) is 8.42 Å². The summed E-state index contributed by atoms with van der Waals surface area (Å²) in [6, 6.07) is 18.2. The number of carbonyl (C=O) groups is 2. The number of amides is 2. The summed E-state index contributed by atoms with van der Waals surface area (Å²) in [7, 11) is -0.697. The predicted molar refractivity (Wildman–Crippen MR) is 160 cm³/mol. The molecule has 3 aromatic carbocycles. The van der Waals surface area contributed by atoms with Crippen LogP contribution in [0.25, 0.3) is 10.9 Å². The van der Waals surface area contributed by atoms with Crippen molar-refractivity contribution in [2.45, 2.75) is 6.42 Å². The minimum atomic E-state index is -3.67. The fraction of sp³-hybridized carbons (Fsp3) is 0.143. The molecule has 0 spiro atoms. The van der Waals surface area contributed by atoms with Crippen molar-refractivity contribution in [2.24, 2.45) is 0 Å². The molecule has 11 nitrogen and oxygen atoms in total. The van der Waals surface area contributed by atoms with Gasteiger partial charge in [-0.3, -0.25) is 19.1 Å². The van der Waals surface area contributed by atoms with Crippen LogP contribution < -0.4 is 25.4 Å². The van der Waals surface area contributed by atoms with Gasteiger partial charge in [-0.15, -0.1) is 0 Å². The SMILES string of the molecule is CNC(=O)c1cc2c(Oc3ccc(NC(=S)NC(=O)Cc4ccccc4)cc3F)ccnc2cc1OC.CS(=O)(=O)O. The fourth-order valence-electron chi connectivity index (χ4n) is 3.61. The molecule has 42 heavy (non-hydrogen) atoms. The largest absolute Gasteiger partial charge is 0.496 e. The van der Waals surface area contributed by atoms with Gasteiger partial charge < -0.3 is 25.4 Å². The second-order valence-electron chi connectivity index (χ2n) is 8.60. The number of fused-ring (bicyclic) bond motifs is 1. The van der Waals surface area contributed by atoms with Crippen molar-refractivity contribution < 1.29 is 36.4 Å². The number of pyridine rings is 1. The molecule has 14 heteroatoms. The summed E-state index contributed by atoms with van der Waals surface area (Å²) in [6.07, 6.45) is 2.39. The van der Waals surface area contributed by atoms with Crippen LogP contribution in [-0.2, 0) is 21.3 Å². The zero-order valence-electron chi connectivity index (χ0n) is 22.7. The van der Waals surface area contributed by atoms with Crippen LogP contribution in [0.15, 0.2) is 72.9 Å². The van der Waals surface area contributed by atoms with Crippen LogP contribution in [0, 0.1) is 5.82 Å². The molecule has 220 valence electrons. The zero-order chi connectivity index (χ0) is 30.9. The van der Waals surface area contributed by atoms with Crippen LogP contribution in [0.3, 0.4) is 0 Å². The molecule has 1 heterocycles. The molecule has 0 fully saturated rings. The number of thiocarbonyl (C=S) groups is 1. The average molecular weight is 615 g/mol. The molecule has 0 atom stereocenters. The Labute approximate surface area is 246 Å². The summed E-state index contributed by atoms with van der Waals surface area (Å²) in [6.45, 7) is 0. The van der Waals surface area contributed by atoms with E-state index in [4.69, 9.17) is 26.2 Å². The topological polar surface area (TPSA) is 156 Å². The molecule has 4 N–H and O–H groups in total. The van der Waals surface area contributed by atoms with Gasteiger partial charge in [0, 0.05) is 36.5 Å². The lowest BCUT2D eigenvalue weighted by atomic mass is 10.1. The van der Waals surface area contributed by atoms with E-state index in [2.05, 4.69) is 20.9 Å². The third kappa shape index (κ3) is 9.47. The van der Waals surface area contributed by atoms with E-state index in [-0.39, 0.29) is 34.7 Å². The van der Waals surface area contributed by atoms with E-state index in [9.17, 15) is 22.4 Å². The van der Waals surface area contributed by atoms with E-state index in [1.165, 1.54) is 32.5 Å². The zero-order valence-corrected chi connectivity index (χ0v) is 24.3. The smallest absolute Gasteiger partial charge is 0.261 e. The van der Waals surface area contributed by atoms with E-state index in [1.807, 2.05) is 30.3 Å². The highest BCUT2D eigenvalue weighted by atomic mass is 32.2. The molecule has 1 aromatic heterocycles. The first-order valence-corrected chi connectivity index (χ1v) is 14.4. The number of rotatable bonds is 7. The third-order valence-electron chi connectivity index (χ3n) is 5.36. The molecular weight excluding hydrogens is 587 g/mol. The summed E-state index contributed by atoms with van der Waals surface area (Å²) < 4.78 is 51.9. The van der Waals surface area contributed by atoms with Crippen molar-refractivity contribution in [3.05, 3.63) is 89.9 Å². The van der Waals surface area contributed by atoms with Gasteiger partial charge in [-0.1, -0.05) is 30.3 Å². The third-order valence-corrected chi connectivity index (χ3v) is 5.57. The highest BCUT2D eigenvalue weighted by molar-refractivity contribution is 7.85. The van der Waals surface area contributed by atoms with Gasteiger partial charge in [-0.25, -0.2) is 4.39 Å². The summed E-state index contributed by atoms with van der Waals surface area (Å²) in [5.74, 6) is -0.683. The summed E-state index contributed by atoms with van der Waals surface area (Å²) >= 11 is 5.18. The van der Waals surface area contributed by atoms with Crippen molar-refractivity contribution in [1.82, 2.24) is 15.6 Å². The van der Waals surface area contributed by atoms with Crippen LogP contribution >= 0.6 is 12.2 Å². The van der Waals surface area contributed by atoms with Gasteiger partial charge in [0.05, 0.1) is 30.9 Å². The minimum Gasteiger partial charge on any atom is -0.496 e. The Morgan fingerprint density at radius 2 is 1.71 bits per heavy atom. The first kappa shape index (κ1) is 31.9. The Balaban J connectivity index is 0.000000892. The molecule has 0 unspecified atom stereocenters. The summed E-state index contributed by atoms with van der Waals surface area (Å²) in [5, 5.41) is 8.48. The number of nitrogens with one attached hydrogen (secondary N) is 3. The number of carbonyl (C=O) groups excluding carboxylic acids is 2. The fourth-order valence-corrected chi connectivity index (χ4v) is 3.84. The van der Waals surface area contributed by atoms with Crippen LogP contribution in [0.1, 0.15) is 15.9 Å². The lowest BCUT2D eigenvalue weighted by molar-refractivity contribution is -0.119. The molecule has 0 radical (unpaired) electrons. The number of anilines is 1. The van der Waals surface area contributed by atoms with Gasteiger partial charge in [0.25, 0.3) is 16.0 Å². The average Bonchev–Trinajstić information content (AvgIpc) is 2.93. The Morgan fingerprint density at radius 1 is 1.02 bits per heavy atom. The first-order valence-electron chi connectivity index (χ1n) is 12.1. The van der Waals surface area contributed by atoms with E-state index in [1.54, 1.807) is 24.3 Å². The maximum atomic E-state index is 14.9. The van der Waals surface area contributed by atoms with Crippen molar-refractivity contribution >= 4 is 55.9 Å². The molecule has 0 saturated carbocycles. The molecule has 0 bridgehead atoms. The molecule has 0 aliphatic rings. The monoisotopic (exact) mass is 614 g/mol.